The van der Waals surface area contributed by atoms with E-state index in [1.165, 1.54) is 17.7 Å². The molecule has 0 fully saturated rings. The number of aromatic nitrogens is 1. The fraction of sp³-hybridized carbons (Fsp3) is 0.263. The Morgan fingerprint density at radius 1 is 1.04 bits per heavy atom. The number of aromatic amines is 1. The van der Waals surface area contributed by atoms with E-state index in [1.54, 1.807) is 6.07 Å². The van der Waals surface area contributed by atoms with E-state index >= 15 is 0 Å². The van der Waals surface area contributed by atoms with Crippen LogP contribution in [0.4, 0.5) is 13.2 Å². The first-order valence-electron chi connectivity index (χ1n) is 7.94. The summed E-state index contributed by atoms with van der Waals surface area (Å²) in [5, 5.41) is 0.826. The predicted octanol–water partition coefficient (Wildman–Crippen LogP) is 5.34. The number of aryl methyl sites for hydroxylation is 1. The summed E-state index contributed by atoms with van der Waals surface area (Å²) in [6.45, 7) is 0. The molecule has 124 valence electrons. The molecular formula is C19H16F3NO. The number of fused-ring (bicyclic) bond motifs is 3. The SMILES string of the molecule is FC(F)(F)Oc1ccc2[nH]c3c(c2c1)CC(c1ccccc1)CC3. The van der Waals surface area contributed by atoms with Gasteiger partial charge in [-0.05, 0) is 54.5 Å². The Kier molecular flexibility index (Phi) is 3.52. The van der Waals surface area contributed by atoms with Gasteiger partial charge in [0.05, 0.1) is 0 Å². The molecule has 2 aromatic carbocycles. The summed E-state index contributed by atoms with van der Waals surface area (Å²) in [5.74, 6) is 0.225. The van der Waals surface area contributed by atoms with Crippen molar-refractivity contribution in [3.05, 3.63) is 65.4 Å². The number of hydrogen-bond donors (Lipinski definition) is 1. The molecule has 4 rings (SSSR count). The molecule has 0 bridgehead atoms. The molecule has 1 atom stereocenters. The normalized spacial score (nSPS) is 17.7. The van der Waals surface area contributed by atoms with Crippen LogP contribution in [0, 0.1) is 0 Å². The Balaban J connectivity index is 1.71. The molecule has 3 aromatic rings. The lowest BCUT2D eigenvalue weighted by molar-refractivity contribution is -0.274. The monoisotopic (exact) mass is 331 g/mol. The number of nitrogens with one attached hydrogen (secondary N) is 1. The van der Waals surface area contributed by atoms with Crippen LogP contribution in [0.3, 0.4) is 0 Å². The standard InChI is InChI=1S/C19H16F3NO/c20-19(21,22)24-14-7-9-18-16(11-14)15-10-13(6-8-17(15)23-18)12-4-2-1-3-5-12/h1-5,7,9,11,13,23H,6,8,10H2. The predicted molar refractivity (Wildman–Crippen MR) is 86.2 cm³/mol. The third kappa shape index (κ3) is 2.86. The lowest BCUT2D eigenvalue weighted by Gasteiger charge is -2.23. The summed E-state index contributed by atoms with van der Waals surface area (Å²) in [6.07, 6.45) is -1.90. The van der Waals surface area contributed by atoms with Crippen molar-refractivity contribution >= 4 is 10.9 Å². The third-order valence-electron chi connectivity index (χ3n) is 4.66. The Morgan fingerprint density at radius 3 is 2.58 bits per heavy atom. The van der Waals surface area contributed by atoms with Gasteiger partial charge in [0.1, 0.15) is 5.75 Å². The van der Waals surface area contributed by atoms with Gasteiger partial charge in [-0.2, -0.15) is 0 Å². The van der Waals surface area contributed by atoms with Crippen molar-refractivity contribution in [2.75, 3.05) is 0 Å². The van der Waals surface area contributed by atoms with Crippen LogP contribution in [0.5, 0.6) is 5.75 Å². The van der Waals surface area contributed by atoms with Crippen LogP contribution in [0.1, 0.15) is 29.2 Å². The Morgan fingerprint density at radius 2 is 1.83 bits per heavy atom. The zero-order chi connectivity index (χ0) is 16.7. The maximum Gasteiger partial charge on any atom is 0.573 e. The molecule has 0 aliphatic heterocycles. The molecular weight excluding hydrogens is 315 g/mol. The van der Waals surface area contributed by atoms with E-state index in [0.717, 1.165) is 41.4 Å². The molecule has 0 amide bonds. The highest BCUT2D eigenvalue weighted by molar-refractivity contribution is 5.86. The van der Waals surface area contributed by atoms with Crippen molar-refractivity contribution in [1.29, 1.82) is 0 Å². The molecule has 2 nitrogen and oxygen atoms in total. The summed E-state index contributed by atoms with van der Waals surface area (Å²) in [6, 6.07) is 14.8. The minimum atomic E-state index is -4.67. The van der Waals surface area contributed by atoms with Crippen molar-refractivity contribution in [2.45, 2.75) is 31.5 Å². The van der Waals surface area contributed by atoms with Gasteiger partial charge in [0.25, 0.3) is 0 Å². The van der Waals surface area contributed by atoms with Gasteiger partial charge in [-0.25, -0.2) is 0 Å². The first-order chi connectivity index (χ1) is 11.5. The summed E-state index contributed by atoms with van der Waals surface area (Å²) >= 11 is 0. The Hall–Kier alpha value is -2.43. The van der Waals surface area contributed by atoms with E-state index in [-0.39, 0.29) is 5.75 Å². The smallest absolute Gasteiger partial charge is 0.406 e. The highest BCUT2D eigenvalue weighted by Crippen LogP contribution is 2.38. The number of benzene rings is 2. The molecule has 1 N–H and O–H groups in total. The zero-order valence-corrected chi connectivity index (χ0v) is 12.9. The van der Waals surface area contributed by atoms with Gasteiger partial charge in [-0.1, -0.05) is 30.3 Å². The van der Waals surface area contributed by atoms with Crippen LogP contribution >= 0.6 is 0 Å². The van der Waals surface area contributed by atoms with Crippen LogP contribution in [-0.2, 0) is 12.8 Å². The molecule has 1 heterocycles. The van der Waals surface area contributed by atoms with Crippen molar-refractivity contribution in [3.63, 3.8) is 0 Å². The maximum absolute atomic E-state index is 12.5. The summed E-state index contributed by atoms with van der Waals surface area (Å²) < 4.78 is 41.4. The zero-order valence-electron chi connectivity index (χ0n) is 12.9. The van der Waals surface area contributed by atoms with E-state index in [0.29, 0.717) is 5.92 Å². The number of hydrogen-bond acceptors (Lipinski definition) is 1. The Bertz CT molecular complexity index is 867. The lowest BCUT2D eigenvalue weighted by atomic mass is 9.82. The molecule has 0 spiro atoms. The third-order valence-corrected chi connectivity index (χ3v) is 4.66. The number of ether oxygens (including phenoxy) is 1. The van der Waals surface area contributed by atoms with Crippen LogP contribution < -0.4 is 4.74 Å². The molecule has 0 radical (unpaired) electrons. The topological polar surface area (TPSA) is 25.0 Å². The van der Waals surface area contributed by atoms with E-state index < -0.39 is 6.36 Å². The average molecular weight is 331 g/mol. The molecule has 0 saturated carbocycles. The second-order valence-electron chi connectivity index (χ2n) is 6.19. The van der Waals surface area contributed by atoms with Crippen molar-refractivity contribution in [3.8, 4) is 5.75 Å². The van der Waals surface area contributed by atoms with Gasteiger partial charge in [-0.3, -0.25) is 0 Å². The largest absolute Gasteiger partial charge is 0.573 e. The second-order valence-corrected chi connectivity index (χ2v) is 6.19. The van der Waals surface area contributed by atoms with Gasteiger partial charge >= 0.3 is 6.36 Å². The van der Waals surface area contributed by atoms with Crippen LogP contribution in [0.15, 0.2) is 48.5 Å². The quantitative estimate of drug-likeness (QED) is 0.674. The van der Waals surface area contributed by atoms with Gasteiger partial charge in [0, 0.05) is 16.6 Å². The molecule has 5 heteroatoms. The number of rotatable bonds is 2. The molecule has 1 aliphatic rings. The van der Waals surface area contributed by atoms with Crippen LogP contribution in [0.25, 0.3) is 10.9 Å². The molecule has 1 aliphatic carbocycles. The minimum absolute atomic E-state index is 0.168. The van der Waals surface area contributed by atoms with Crippen molar-refractivity contribution in [2.24, 2.45) is 0 Å². The maximum atomic E-state index is 12.5. The molecule has 1 aromatic heterocycles. The van der Waals surface area contributed by atoms with E-state index in [4.69, 9.17) is 0 Å². The Labute approximate surface area is 137 Å². The van der Waals surface area contributed by atoms with Crippen LogP contribution in [0.2, 0.25) is 0 Å². The number of H-pyrrole nitrogens is 1. The lowest BCUT2D eigenvalue weighted by Crippen LogP contribution is -2.17. The summed E-state index contributed by atoms with van der Waals surface area (Å²) in [5.41, 5.74) is 4.38. The average Bonchev–Trinajstić information content (AvgIpc) is 2.91. The van der Waals surface area contributed by atoms with Gasteiger partial charge in [-0.15, -0.1) is 13.2 Å². The molecule has 0 saturated heterocycles. The van der Waals surface area contributed by atoms with E-state index in [1.807, 2.05) is 18.2 Å². The fourth-order valence-corrected chi connectivity index (χ4v) is 3.60. The highest BCUT2D eigenvalue weighted by atomic mass is 19.4. The first-order valence-corrected chi connectivity index (χ1v) is 7.94. The first kappa shape index (κ1) is 15.1. The van der Waals surface area contributed by atoms with Crippen molar-refractivity contribution in [1.82, 2.24) is 4.98 Å². The van der Waals surface area contributed by atoms with Gasteiger partial charge in [0.15, 0.2) is 0 Å². The fourth-order valence-electron chi connectivity index (χ4n) is 3.60. The number of halogens is 3. The molecule has 24 heavy (non-hydrogen) atoms. The highest BCUT2D eigenvalue weighted by Gasteiger charge is 2.31. The van der Waals surface area contributed by atoms with E-state index in [9.17, 15) is 13.2 Å². The molecule has 1 unspecified atom stereocenters. The minimum Gasteiger partial charge on any atom is -0.406 e. The summed E-state index contributed by atoms with van der Waals surface area (Å²) in [7, 11) is 0. The van der Waals surface area contributed by atoms with Gasteiger partial charge < -0.3 is 9.72 Å². The summed E-state index contributed by atoms with van der Waals surface area (Å²) in [4.78, 5) is 3.34. The van der Waals surface area contributed by atoms with Gasteiger partial charge in [0.2, 0.25) is 0 Å². The number of alkyl halides is 3. The van der Waals surface area contributed by atoms with Crippen molar-refractivity contribution < 1.29 is 17.9 Å². The van der Waals surface area contributed by atoms with E-state index in [2.05, 4.69) is 21.9 Å². The second kappa shape index (κ2) is 5.58. The van der Waals surface area contributed by atoms with Crippen LogP contribution in [-0.4, -0.2) is 11.3 Å².